The van der Waals surface area contributed by atoms with Gasteiger partial charge >= 0.3 is 6.18 Å². The molecule has 0 aromatic carbocycles. The number of aliphatic imine (C=N–C) groups is 1. The van der Waals surface area contributed by atoms with Crippen molar-refractivity contribution >= 4 is 11.9 Å². The molecule has 1 saturated carbocycles. The van der Waals surface area contributed by atoms with Crippen molar-refractivity contribution < 1.29 is 22.7 Å². The van der Waals surface area contributed by atoms with Crippen LogP contribution in [0.25, 0.3) is 0 Å². The Hall–Kier alpha value is -2.52. The number of amides is 1. The number of likely N-dealkylation sites (tertiary alicyclic amines) is 1. The van der Waals surface area contributed by atoms with Crippen molar-refractivity contribution in [2.75, 3.05) is 26.7 Å². The van der Waals surface area contributed by atoms with Crippen molar-refractivity contribution in [1.82, 2.24) is 20.5 Å². The quantitative estimate of drug-likeness (QED) is 0.524. The maximum absolute atomic E-state index is 12.7. The predicted molar refractivity (Wildman–Crippen MR) is 111 cm³/mol. The summed E-state index contributed by atoms with van der Waals surface area (Å²) in [5.41, 5.74) is 0.780. The Kier molecular flexibility index (Phi) is 7.97. The molecule has 31 heavy (non-hydrogen) atoms. The van der Waals surface area contributed by atoms with Crippen molar-refractivity contribution in [3.63, 3.8) is 0 Å². The molecule has 1 unspecified atom stereocenters. The van der Waals surface area contributed by atoms with Crippen molar-refractivity contribution in [2.45, 2.75) is 57.3 Å². The summed E-state index contributed by atoms with van der Waals surface area (Å²) < 4.78 is 41.2. The van der Waals surface area contributed by atoms with Gasteiger partial charge in [-0.2, -0.15) is 13.2 Å². The van der Waals surface area contributed by atoms with E-state index in [0.717, 1.165) is 44.2 Å². The molecule has 2 N–H and O–H groups in total. The number of aromatic nitrogens is 1. The lowest BCUT2D eigenvalue weighted by atomic mass is 9.88. The minimum Gasteiger partial charge on any atom is -0.468 e. The van der Waals surface area contributed by atoms with E-state index in [2.05, 4.69) is 25.3 Å². The Bertz CT molecular complexity index is 748. The Labute approximate surface area is 180 Å². The highest BCUT2D eigenvalue weighted by Crippen LogP contribution is 2.26. The van der Waals surface area contributed by atoms with Crippen LogP contribution < -0.4 is 15.4 Å². The number of hydrogen-bond acceptors (Lipinski definition) is 4. The second-order valence-corrected chi connectivity index (χ2v) is 8.08. The molecule has 1 aliphatic heterocycles. The van der Waals surface area contributed by atoms with Crippen LogP contribution in [-0.4, -0.2) is 60.7 Å². The number of nitrogens with one attached hydrogen (secondary N) is 2. The zero-order valence-electron chi connectivity index (χ0n) is 17.7. The first-order valence-electron chi connectivity index (χ1n) is 10.7. The van der Waals surface area contributed by atoms with Gasteiger partial charge < -0.3 is 20.3 Å². The first-order chi connectivity index (χ1) is 14.8. The summed E-state index contributed by atoms with van der Waals surface area (Å²) in [6, 6.07) is 3.19. The fourth-order valence-corrected chi connectivity index (χ4v) is 4.02. The molecule has 1 saturated heterocycles. The van der Waals surface area contributed by atoms with Gasteiger partial charge in [-0.05, 0) is 24.8 Å². The van der Waals surface area contributed by atoms with E-state index in [4.69, 9.17) is 0 Å². The van der Waals surface area contributed by atoms with Crippen LogP contribution in [-0.2, 0) is 11.3 Å². The monoisotopic (exact) mass is 441 g/mol. The SMILES string of the molecule is CN=C(NCc1ccc(OCC(F)(F)F)nc1)NC1CCN(C(=O)C2CCCCC2)C1. The second-order valence-electron chi connectivity index (χ2n) is 8.08. The van der Waals surface area contributed by atoms with Gasteiger partial charge in [0, 0.05) is 50.9 Å². The van der Waals surface area contributed by atoms with E-state index in [1.165, 1.54) is 18.7 Å². The number of guanidine groups is 1. The maximum atomic E-state index is 12.7. The summed E-state index contributed by atoms with van der Waals surface area (Å²) in [5, 5.41) is 6.52. The Morgan fingerprint density at radius 2 is 2.03 bits per heavy atom. The molecule has 1 amide bonds. The zero-order valence-corrected chi connectivity index (χ0v) is 17.7. The summed E-state index contributed by atoms with van der Waals surface area (Å²) in [5.74, 6) is 0.998. The van der Waals surface area contributed by atoms with Gasteiger partial charge in [0.2, 0.25) is 11.8 Å². The second kappa shape index (κ2) is 10.7. The van der Waals surface area contributed by atoms with Gasteiger partial charge in [0.25, 0.3) is 0 Å². The Morgan fingerprint density at radius 3 is 2.68 bits per heavy atom. The number of carbonyl (C=O) groups excluding carboxylic acids is 1. The van der Waals surface area contributed by atoms with Crippen molar-refractivity contribution in [2.24, 2.45) is 10.9 Å². The third-order valence-electron chi connectivity index (χ3n) is 5.66. The molecule has 1 aromatic rings. The summed E-state index contributed by atoms with van der Waals surface area (Å²) >= 11 is 0. The number of pyridine rings is 1. The van der Waals surface area contributed by atoms with Crippen LogP contribution in [0, 0.1) is 5.92 Å². The summed E-state index contributed by atoms with van der Waals surface area (Å²) in [6.07, 6.45) is 3.47. The molecule has 2 fully saturated rings. The first kappa shape index (κ1) is 23.1. The highest BCUT2D eigenvalue weighted by Gasteiger charge is 2.32. The van der Waals surface area contributed by atoms with E-state index in [1.54, 1.807) is 13.1 Å². The number of rotatable bonds is 6. The fourth-order valence-electron chi connectivity index (χ4n) is 4.02. The molecule has 1 aliphatic carbocycles. The van der Waals surface area contributed by atoms with Crippen LogP contribution in [0.1, 0.15) is 44.1 Å². The average molecular weight is 441 g/mol. The molecule has 0 spiro atoms. The molecule has 1 atom stereocenters. The van der Waals surface area contributed by atoms with Crippen molar-refractivity contribution in [1.29, 1.82) is 0 Å². The first-order valence-corrected chi connectivity index (χ1v) is 10.7. The normalized spacial score (nSPS) is 20.6. The fraction of sp³-hybridized carbons (Fsp3) is 0.667. The van der Waals surface area contributed by atoms with Crippen LogP contribution in [0.15, 0.2) is 23.3 Å². The summed E-state index contributed by atoms with van der Waals surface area (Å²) in [4.78, 5) is 22.8. The largest absolute Gasteiger partial charge is 0.468 e. The highest BCUT2D eigenvalue weighted by atomic mass is 19.4. The molecular formula is C21H30F3N5O2. The van der Waals surface area contributed by atoms with E-state index in [-0.39, 0.29) is 23.7 Å². The predicted octanol–water partition coefficient (Wildman–Crippen LogP) is 2.87. The maximum Gasteiger partial charge on any atom is 0.422 e. The van der Waals surface area contributed by atoms with Crippen LogP contribution in [0.3, 0.4) is 0 Å². The molecule has 2 aliphatic rings. The number of alkyl halides is 3. The van der Waals surface area contributed by atoms with E-state index in [1.807, 2.05) is 4.90 Å². The number of ether oxygens (including phenoxy) is 1. The van der Waals surface area contributed by atoms with Gasteiger partial charge in [-0.15, -0.1) is 0 Å². The van der Waals surface area contributed by atoms with E-state index >= 15 is 0 Å². The lowest BCUT2D eigenvalue weighted by Gasteiger charge is -2.26. The van der Waals surface area contributed by atoms with Crippen molar-refractivity contribution in [3.8, 4) is 5.88 Å². The Balaban J connectivity index is 1.42. The third kappa shape index (κ3) is 7.29. The molecule has 1 aromatic heterocycles. The van der Waals surface area contributed by atoms with Gasteiger partial charge in [0.1, 0.15) is 0 Å². The van der Waals surface area contributed by atoms with E-state index < -0.39 is 12.8 Å². The van der Waals surface area contributed by atoms with Crippen LogP contribution in [0.2, 0.25) is 0 Å². The van der Waals surface area contributed by atoms with Gasteiger partial charge in [0.05, 0.1) is 0 Å². The molecule has 10 heteroatoms. The zero-order chi connectivity index (χ0) is 22.3. The average Bonchev–Trinajstić information content (AvgIpc) is 3.24. The Morgan fingerprint density at radius 1 is 1.26 bits per heavy atom. The summed E-state index contributed by atoms with van der Waals surface area (Å²) in [6.45, 7) is 0.468. The number of halogens is 3. The number of nitrogens with zero attached hydrogens (tertiary/aromatic N) is 3. The van der Waals surface area contributed by atoms with Gasteiger partial charge in [-0.1, -0.05) is 25.3 Å². The lowest BCUT2D eigenvalue weighted by molar-refractivity contribution is -0.154. The molecule has 2 heterocycles. The molecule has 0 bridgehead atoms. The summed E-state index contributed by atoms with van der Waals surface area (Å²) in [7, 11) is 1.67. The number of carbonyl (C=O) groups is 1. The van der Waals surface area contributed by atoms with E-state index in [0.29, 0.717) is 19.0 Å². The molecule has 172 valence electrons. The van der Waals surface area contributed by atoms with Crippen molar-refractivity contribution in [3.05, 3.63) is 23.9 Å². The van der Waals surface area contributed by atoms with Gasteiger partial charge in [-0.3, -0.25) is 9.79 Å². The van der Waals surface area contributed by atoms with Crippen LogP contribution >= 0.6 is 0 Å². The smallest absolute Gasteiger partial charge is 0.422 e. The third-order valence-corrected chi connectivity index (χ3v) is 5.66. The number of hydrogen-bond donors (Lipinski definition) is 2. The van der Waals surface area contributed by atoms with Gasteiger partial charge in [-0.25, -0.2) is 4.98 Å². The molecule has 7 nitrogen and oxygen atoms in total. The van der Waals surface area contributed by atoms with Crippen LogP contribution in [0.4, 0.5) is 13.2 Å². The highest BCUT2D eigenvalue weighted by molar-refractivity contribution is 5.81. The standard InChI is InChI=1S/C21H30F3N5O2/c1-25-20(27-12-15-7-8-18(26-11-15)31-14-21(22,23)24)28-17-9-10-29(13-17)19(30)16-5-3-2-4-6-16/h7-8,11,16-17H,2-6,9-10,12-14H2,1H3,(H2,25,27,28). The minimum absolute atomic E-state index is 0.0720. The molecule has 3 rings (SSSR count). The lowest BCUT2D eigenvalue weighted by Crippen LogP contribution is -2.45. The minimum atomic E-state index is -4.39. The topological polar surface area (TPSA) is 78.9 Å². The molecule has 0 radical (unpaired) electrons. The molecular weight excluding hydrogens is 411 g/mol. The van der Waals surface area contributed by atoms with E-state index in [9.17, 15) is 18.0 Å². The van der Waals surface area contributed by atoms with Gasteiger partial charge in [0.15, 0.2) is 12.6 Å². The van der Waals surface area contributed by atoms with Crippen LogP contribution in [0.5, 0.6) is 5.88 Å².